The lowest BCUT2D eigenvalue weighted by Gasteiger charge is -2.10. The van der Waals surface area contributed by atoms with E-state index in [1.807, 2.05) is 24.3 Å². The smallest absolute Gasteiger partial charge is 0.345 e. The Morgan fingerprint density at radius 1 is 1.29 bits per heavy atom. The number of carbonyl (C=O) groups is 2. The Balaban J connectivity index is 2.07. The van der Waals surface area contributed by atoms with Crippen LogP contribution in [0.2, 0.25) is 0 Å². The molecule has 5 heteroatoms. The zero-order chi connectivity index (χ0) is 15.4. The summed E-state index contributed by atoms with van der Waals surface area (Å²) >= 11 is 0. The summed E-state index contributed by atoms with van der Waals surface area (Å²) in [5, 5.41) is 0. The standard InChI is InChI=1S/C16H18O5/c1-4-20-16(18)14-10(2)21-13(15(14)17)9-11-5-7-12(19-3)8-6-11/h5-8,13H,4,9H2,1-3H3. The second-order valence-corrected chi connectivity index (χ2v) is 4.67. The molecule has 0 bridgehead atoms. The van der Waals surface area contributed by atoms with Gasteiger partial charge in [0.1, 0.15) is 17.1 Å². The van der Waals surface area contributed by atoms with Crippen molar-refractivity contribution in [2.45, 2.75) is 26.4 Å². The van der Waals surface area contributed by atoms with Gasteiger partial charge in [-0.05, 0) is 31.5 Å². The Labute approximate surface area is 123 Å². The van der Waals surface area contributed by atoms with Gasteiger partial charge in [-0.3, -0.25) is 4.79 Å². The predicted octanol–water partition coefficient (Wildman–Crippen LogP) is 2.04. The minimum Gasteiger partial charge on any atom is -0.497 e. The van der Waals surface area contributed by atoms with Crippen LogP contribution < -0.4 is 4.74 Å². The molecule has 0 fully saturated rings. The van der Waals surface area contributed by atoms with E-state index in [1.165, 1.54) is 0 Å². The summed E-state index contributed by atoms with van der Waals surface area (Å²) in [6.45, 7) is 3.53. The van der Waals surface area contributed by atoms with E-state index in [2.05, 4.69) is 0 Å². The van der Waals surface area contributed by atoms with E-state index in [1.54, 1.807) is 21.0 Å². The Kier molecular flexibility index (Phi) is 4.62. The van der Waals surface area contributed by atoms with Crippen molar-refractivity contribution in [2.24, 2.45) is 0 Å². The molecule has 1 aromatic carbocycles. The van der Waals surface area contributed by atoms with Gasteiger partial charge in [0.15, 0.2) is 6.10 Å². The van der Waals surface area contributed by atoms with Gasteiger partial charge >= 0.3 is 5.97 Å². The molecule has 21 heavy (non-hydrogen) atoms. The average Bonchev–Trinajstić information content (AvgIpc) is 2.74. The number of benzene rings is 1. The average molecular weight is 290 g/mol. The summed E-state index contributed by atoms with van der Waals surface area (Å²) in [7, 11) is 1.59. The van der Waals surface area contributed by atoms with Gasteiger partial charge in [-0.2, -0.15) is 0 Å². The van der Waals surface area contributed by atoms with Crippen molar-refractivity contribution >= 4 is 11.8 Å². The lowest BCUT2D eigenvalue weighted by Crippen LogP contribution is -2.24. The molecule has 5 nitrogen and oxygen atoms in total. The summed E-state index contributed by atoms with van der Waals surface area (Å²) in [6, 6.07) is 7.38. The number of ether oxygens (including phenoxy) is 3. The minimum absolute atomic E-state index is 0.0235. The van der Waals surface area contributed by atoms with Crippen LogP contribution in [0.25, 0.3) is 0 Å². The molecular formula is C16H18O5. The summed E-state index contributed by atoms with van der Waals surface area (Å²) in [5.74, 6) is 0.148. The second kappa shape index (κ2) is 6.43. The SMILES string of the molecule is CCOC(=O)C1=C(C)OC(Cc2ccc(OC)cc2)C1=O. The van der Waals surface area contributed by atoms with E-state index in [9.17, 15) is 9.59 Å². The Morgan fingerprint density at radius 3 is 2.52 bits per heavy atom. The van der Waals surface area contributed by atoms with Gasteiger partial charge in [-0.1, -0.05) is 12.1 Å². The highest BCUT2D eigenvalue weighted by atomic mass is 16.5. The molecule has 1 aliphatic rings. The van der Waals surface area contributed by atoms with E-state index in [-0.39, 0.29) is 18.0 Å². The molecule has 0 N–H and O–H groups in total. The molecule has 1 aliphatic heterocycles. The molecule has 1 unspecified atom stereocenters. The number of ketones is 1. The molecule has 0 spiro atoms. The summed E-state index contributed by atoms with van der Waals surface area (Å²) in [4.78, 5) is 24.0. The van der Waals surface area contributed by atoms with Gasteiger partial charge in [0.2, 0.25) is 5.78 Å². The first kappa shape index (κ1) is 15.1. The first-order valence-electron chi connectivity index (χ1n) is 6.78. The zero-order valence-corrected chi connectivity index (χ0v) is 12.3. The zero-order valence-electron chi connectivity index (χ0n) is 12.3. The molecule has 0 aliphatic carbocycles. The molecule has 1 heterocycles. The first-order chi connectivity index (χ1) is 10.1. The lowest BCUT2D eigenvalue weighted by molar-refractivity contribution is -0.140. The van der Waals surface area contributed by atoms with Crippen molar-refractivity contribution in [3.63, 3.8) is 0 Å². The number of Topliss-reactive ketones (excluding diaryl/α,β-unsaturated/α-hetero) is 1. The van der Waals surface area contributed by atoms with Crippen LogP contribution in [0.15, 0.2) is 35.6 Å². The molecule has 1 atom stereocenters. The highest BCUT2D eigenvalue weighted by molar-refractivity contribution is 6.20. The predicted molar refractivity (Wildman–Crippen MR) is 75.9 cm³/mol. The van der Waals surface area contributed by atoms with E-state index in [0.717, 1.165) is 11.3 Å². The number of hydrogen-bond donors (Lipinski definition) is 0. The molecule has 1 aromatic rings. The number of esters is 1. The maximum absolute atomic E-state index is 12.3. The number of methoxy groups -OCH3 is 1. The van der Waals surface area contributed by atoms with E-state index >= 15 is 0 Å². The van der Waals surface area contributed by atoms with Crippen LogP contribution >= 0.6 is 0 Å². The lowest BCUT2D eigenvalue weighted by atomic mass is 10.0. The van der Waals surface area contributed by atoms with Crippen LogP contribution in [0, 0.1) is 0 Å². The van der Waals surface area contributed by atoms with Crippen LogP contribution in [0.5, 0.6) is 5.75 Å². The highest BCUT2D eigenvalue weighted by Gasteiger charge is 2.37. The molecular weight excluding hydrogens is 272 g/mol. The molecule has 0 saturated heterocycles. The Hall–Kier alpha value is -2.30. The Morgan fingerprint density at radius 2 is 1.95 bits per heavy atom. The molecule has 112 valence electrons. The Bertz CT molecular complexity index is 571. The van der Waals surface area contributed by atoms with Crippen molar-refractivity contribution in [1.82, 2.24) is 0 Å². The fourth-order valence-electron chi connectivity index (χ4n) is 2.22. The molecule has 0 amide bonds. The van der Waals surface area contributed by atoms with Crippen molar-refractivity contribution in [2.75, 3.05) is 13.7 Å². The van der Waals surface area contributed by atoms with Crippen LogP contribution in [0.1, 0.15) is 19.4 Å². The number of allylic oxidation sites excluding steroid dienone is 1. The molecule has 0 radical (unpaired) electrons. The second-order valence-electron chi connectivity index (χ2n) is 4.67. The van der Waals surface area contributed by atoms with Gasteiger partial charge in [0.25, 0.3) is 0 Å². The summed E-state index contributed by atoms with van der Waals surface area (Å²) < 4.78 is 15.5. The summed E-state index contributed by atoms with van der Waals surface area (Å²) in [5.41, 5.74) is 0.961. The van der Waals surface area contributed by atoms with Gasteiger partial charge < -0.3 is 14.2 Å². The van der Waals surface area contributed by atoms with Crippen LogP contribution in [-0.2, 0) is 25.5 Å². The van der Waals surface area contributed by atoms with E-state index < -0.39 is 12.1 Å². The molecule has 0 aromatic heterocycles. The maximum Gasteiger partial charge on any atom is 0.345 e. The van der Waals surface area contributed by atoms with Crippen molar-refractivity contribution in [3.8, 4) is 5.75 Å². The third-order valence-corrected chi connectivity index (χ3v) is 3.27. The van der Waals surface area contributed by atoms with E-state index in [0.29, 0.717) is 12.2 Å². The summed E-state index contributed by atoms with van der Waals surface area (Å²) in [6.07, 6.45) is -0.263. The largest absolute Gasteiger partial charge is 0.497 e. The van der Waals surface area contributed by atoms with Crippen molar-refractivity contribution < 1.29 is 23.8 Å². The van der Waals surface area contributed by atoms with Gasteiger partial charge in [0.05, 0.1) is 13.7 Å². The fourth-order valence-corrected chi connectivity index (χ4v) is 2.22. The van der Waals surface area contributed by atoms with Gasteiger partial charge in [-0.15, -0.1) is 0 Å². The van der Waals surface area contributed by atoms with Crippen LogP contribution in [-0.4, -0.2) is 31.6 Å². The maximum atomic E-state index is 12.3. The number of rotatable bonds is 5. The normalized spacial score (nSPS) is 17.7. The highest BCUT2D eigenvalue weighted by Crippen LogP contribution is 2.25. The number of hydrogen-bond acceptors (Lipinski definition) is 5. The third kappa shape index (κ3) is 3.24. The molecule has 2 rings (SSSR count). The van der Waals surface area contributed by atoms with Crippen LogP contribution in [0.3, 0.4) is 0 Å². The fraction of sp³-hybridized carbons (Fsp3) is 0.375. The topological polar surface area (TPSA) is 61.8 Å². The quantitative estimate of drug-likeness (QED) is 0.613. The first-order valence-corrected chi connectivity index (χ1v) is 6.78. The number of carbonyl (C=O) groups excluding carboxylic acids is 2. The minimum atomic E-state index is -0.669. The van der Waals surface area contributed by atoms with Crippen molar-refractivity contribution in [3.05, 3.63) is 41.2 Å². The van der Waals surface area contributed by atoms with Crippen molar-refractivity contribution in [1.29, 1.82) is 0 Å². The van der Waals surface area contributed by atoms with Crippen LogP contribution in [0.4, 0.5) is 0 Å². The molecule has 0 saturated carbocycles. The van der Waals surface area contributed by atoms with Gasteiger partial charge in [-0.25, -0.2) is 4.79 Å². The van der Waals surface area contributed by atoms with E-state index in [4.69, 9.17) is 14.2 Å². The third-order valence-electron chi connectivity index (χ3n) is 3.27. The monoisotopic (exact) mass is 290 g/mol. The van der Waals surface area contributed by atoms with Gasteiger partial charge in [0, 0.05) is 6.42 Å².